The largest absolute Gasteiger partial charge is 0.494 e. The number of ether oxygens (including phenoxy) is 1. The lowest BCUT2D eigenvalue weighted by molar-refractivity contribution is 0.340. The third-order valence-corrected chi connectivity index (χ3v) is 2.96. The van der Waals surface area contributed by atoms with Crippen LogP contribution in [-0.2, 0) is 0 Å². The molecule has 100 valence electrons. The van der Waals surface area contributed by atoms with Gasteiger partial charge >= 0.3 is 0 Å². The summed E-state index contributed by atoms with van der Waals surface area (Å²) in [5.41, 5.74) is 0.910. The molecule has 5 nitrogen and oxygen atoms in total. The molecule has 0 saturated carbocycles. The predicted molar refractivity (Wildman–Crippen MR) is 80.2 cm³/mol. The topological polar surface area (TPSA) is 59.1 Å². The summed E-state index contributed by atoms with van der Waals surface area (Å²) in [7, 11) is 1.78. The monoisotopic (exact) mass is 322 g/mol. The van der Waals surface area contributed by atoms with Gasteiger partial charge in [-0.3, -0.25) is 0 Å². The second-order valence-electron chi connectivity index (χ2n) is 3.73. The van der Waals surface area contributed by atoms with E-state index >= 15 is 0 Å². The van der Waals surface area contributed by atoms with E-state index in [4.69, 9.17) is 4.74 Å². The normalized spacial score (nSPS) is 10.1. The molecule has 0 aliphatic heterocycles. The minimum absolute atomic E-state index is 0.562. The third kappa shape index (κ3) is 3.57. The summed E-state index contributed by atoms with van der Waals surface area (Å²) in [5.74, 6) is 2.09. The van der Waals surface area contributed by atoms with Crippen LogP contribution >= 0.6 is 15.9 Å². The Kier molecular flexibility index (Phi) is 4.57. The van der Waals surface area contributed by atoms with Gasteiger partial charge in [-0.25, -0.2) is 4.98 Å². The van der Waals surface area contributed by atoms with Crippen molar-refractivity contribution in [3.05, 3.63) is 34.9 Å². The second-order valence-corrected chi connectivity index (χ2v) is 4.58. The predicted octanol–water partition coefficient (Wildman–Crippen LogP) is 3.42. The molecule has 0 bridgehead atoms. The number of aromatic nitrogens is 2. The molecule has 0 amide bonds. The summed E-state index contributed by atoms with van der Waals surface area (Å²) < 4.78 is 6.26. The van der Waals surface area contributed by atoms with Gasteiger partial charge in [0.1, 0.15) is 11.6 Å². The first-order valence-electron chi connectivity index (χ1n) is 5.93. The summed E-state index contributed by atoms with van der Waals surface area (Å²) in [6, 6.07) is 7.73. The van der Waals surface area contributed by atoms with E-state index in [0.29, 0.717) is 18.4 Å². The summed E-state index contributed by atoms with van der Waals surface area (Å²) in [6.45, 7) is 2.60. The number of halogens is 1. The lowest BCUT2D eigenvalue weighted by Gasteiger charge is -2.10. The average molecular weight is 323 g/mol. The zero-order valence-electron chi connectivity index (χ0n) is 10.8. The fourth-order valence-electron chi connectivity index (χ4n) is 1.54. The molecule has 2 aromatic rings. The van der Waals surface area contributed by atoms with E-state index in [9.17, 15) is 0 Å². The summed E-state index contributed by atoms with van der Waals surface area (Å²) in [4.78, 5) is 8.45. The second kappa shape index (κ2) is 6.38. The van der Waals surface area contributed by atoms with Crippen LogP contribution in [0.2, 0.25) is 0 Å². The Bertz CT molecular complexity index is 562. The number of hydrogen-bond donors (Lipinski definition) is 2. The van der Waals surface area contributed by atoms with Gasteiger partial charge in [-0.2, -0.15) is 4.98 Å². The zero-order chi connectivity index (χ0) is 13.7. The average Bonchev–Trinajstić information content (AvgIpc) is 2.42. The van der Waals surface area contributed by atoms with Gasteiger partial charge < -0.3 is 15.4 Å². The number of nitrogens with zero attached hydrogens (tertiary/aromatic N) is 2. The molecular weight excluding hydrogens is 308 g/mol. The highest BCUT2D eigenvalue weighted by Gasteiger charge is 2.05. The number of rotatable bonds is 5. The Balaban J connectivity index is 2.22. The van der Waals surface area contributed by atoms with Gasteiger partial charge in [0.05, 0.1) is 11.1 Å². The molecular formula is C13H15BrN4O. The van der Waals surface area contributed by atoms with E-state index < -0.39 is 0 Å². The van der Waals surface area contributed by atoms with Crippen LogP contribution in [0.5, 0.6) is 5.75 Å². The van der Waals surface area contributed by atoms with Gasteiger partial charge in [-0.05, 0) is 35.0 Å². The standard InChI is InChI=1S/C13H15BrN4O/c1-3-19-10-6-4-5-9(7-10)17-12-11(14)8-16-13(15-2)18-12/h4-8H,3H2,1-2H3,(H2,15,16,17,18). The highest BCUT2D eigenvalue weighted by Crippen LogP contribution is 2.26. The van der Waals surface area contributed by atoms with E-state index in [-0.39, 0.29) is 0 Å². The van der Waals surface area contributed by atoms with Crippen LogP contribution in [-0.4, -0.2) is 23.6 Å². The smallest absolute Gasteiger partial charge is 0.224 e. The van der Waals surface area contributed by atoms with Gasteiger partial charge in [0.15, 0.2) is 0 Å². The minimum atomic E-state index is 0.562. The minimum Gasteiger partial charge on any atom is -0.494 e. The Morgan fingerprint density at radius 3 is 2.95 bits per heavy atom. The summed E-state index contributed by atoms with van der Waals surface area (Å²) in [6.07, 6.45) is 1.70. The molecule has 1 heterocycles. The van der Waals surface area contributed by atoms with E-state index in [1.54, 1.807) is 13.2 Å². The van der Waals surface area contributed by atoms with E-state index in [2.05, 4.69) is 36.5 Å². The van der Waals surface area contributed by atoms with Crippen molar-refractivity contribution in [3.8, 4) is 5.75 Å². The Morgan fingerprint density at radius 2 is 2.21 bits per heavy atom. The van der Waals surface area contributed by atoms with Crippen molar-refractivity contribution in [2.24, 2.45) is 0 Å². The molecule has 1 aromatic heterocycles. The maximum Gasteiger partial charge on any atom is 0.224 e. The Morgan fingerprint density at radius 1 is 1.37 bits per heavy atom. The van der Waals surface area contributed by atoms with Crippen molar-refractivity contribution < 1.29 is 4.74 Å². The van der Waals surface area contributed by atoms with Crippen LogP contribution < -0.4 is 15.4 Å². The molecule has 0 fully saturated rings. The zero-order valence-corrected chi connectivity index (χ0v) is 12.4. The van der Waals surface area contributed by atoms with Gasteiger partial charge in [0.2, 0.25) is 5.95 Å². The summed E-state index contributed by atoms with van der Waals surface area (Å²) >= 11 is 3.42. The summed E-state index contributed by atoms with van der Waals surface area (Å²) in [5, 5.41) is 6.13. The first-order chi connectivity index (χ1) is 9.22. The quantitative estimate of drug-likeness (QED) is 0.883. The Labute approximate surface area is 120 Å². The van der Waals surface area contributed by atoms with E-state index in [0.717, 1.165) is 15.9 Å². The fraction of sp³-hybridized carbons (Fsp3) is 0.231. The molecule has 0 radical (unpaired) electrons. The number of anilines is 3. The van der Waals surface area contributed by atoms with Crippen LogP contribution in [0.4, 0.5) is 17.5 Å². The van der Waals surface area contributed by atoms with E-state index in [1.165, 1.54) is 0 Å². The molecule has 6 heteroatoms. The van der Waals surface area contributed by atoms with E-state index in [1.807, 2.05) is 31.2 Å². The fourth-order valence-corrected chi connectivity index (χ4v) is 1.83. The highest BCUT2D eigenvalue weighted by molar-refractivity contribution is 9.10. The van der Waals surface area contributed by atoms with Crippen molar-refractivity contribution >= 4 is 33.4 Å². The molecule has 0 aliphatic rings. The van der Waals surface area contributed by atoms with Gasteiger partial charge in [-0.15, -0.1) is 0 Å². The lowest BCUT2D eigenvalue weighted by atomic mass is 10.3. The maximum atomic E-state index is 5.46. The van der Waals surface area contributed by atoms with Gasteiger partial charge in [-0.1, -0.05) is 6.07 Å². The van der Waals surface area contributed by atoms with Gasteiger partial charge in [0, 0.05) is 25.0 Å². The maximum absolute atomic E-state index is 5.46. The third-order valence-electron chi connectivity index (χ3n) is 2.38. The lowest BCUT2D eigenvalue weighted by Crippen LogP contribution is -2.01. The van der Waals surface area contributed by atoms with Crippen LogP contribution in [0.3, 0.4) is 0 Å². The molecule has 2 N–H and O–H groups in total. The Hall–Kier alpha value is -1.82. The first-order valence-corrected chi connectivity index (χ1v) is 6.72. The first kappa shape index (κ1) is 13.6. The van der Waals surface area contributed by atoms with Crippen LogP contribution in [0, 0.1) is 0 Å². The number of hydrogen-bond acceptors (Lipinski definition) is 5. The van der Waals surface area contributed by atoms with Crippen LogP contribution in [0.25, 0.3) is 0 Å². The molecule has 0 unspecified atom stereocenters. The van der Waals surface area contributed by atoms with Crippen molar-refractivity contribution in [2.45, 2.75) is 6.92 Å². The molecule has 2 rings (SSSR count). The molecule has 0 aliphatic carbocycles. The molecule has 0 spiro atoms. The van der Waals surface area contributed by atoms with Crippen molar-refractivity contribution in [3.63, 3.8) is 0 Å². The highest BCUT2D eigenvalue weighted by atomic mass is 79.9. The van der Waals surface area contributed by atoms with Gasteiger partial charge in [0.25, 0.3) is 0 Å². The number of benzene rings is 1. The molecule has 0 saturated heterocycles. The molecule has 0 atom stereocenters. The number of nitrogens with one attached hydrogen (secondary N) is 2. The molecule has 19 heavy (non-hydrogen) atoms. The van der Waals surface area contributed by atoms with Crippen LogP contribution in [0.1, 0.15) is 6.92 Å². The SMILES string of the molecule is CCOc1cccc(Nc2nc(NC)ncc2Br)c1. The van der Waals surface area contributed by atoms with Crippen molar-refractivity contribution in [2.75, 3.05) is 24.3 Å². The van der Waals surface area contributed by atoms with Crippen molar-refractivity contribution in [1.29, 1.82) is 0 Å². The van der Waals surface area contributed by atoms with Crippen LogP contribution in [0.15, 0.2) is 34.9 Å². The van der Waals surface area contributed by atoms with Crippen molar-refractivity contribution in [1.82, 2.24) is 9.97 Å². The molecule has 1 aromatic carbocycles.